The van der Waals surface area contributed by atoms with Crippen LogP contribution in [0, 0.1) is 0 Å². The number of benzene rings is 4. The third-order valence-corrected chi connectivity index (χ3v) is 8.06. The van der Waals surface area contributed by atoms with Crippen LogP contribution >= 0.6 is 0 Å². The van der Waals surface area contributed by atoms with Crippen LogP contribution < -0.4 is 0 Å². The summed E-state index contributed by atoms with van der Waals surface area (Å²) in [4.78, 5) is 9.92. The van der Waals surface area contributed by atoms with Gasteiger partial charge in [0.05, 0.1) is 11.0 Å². The van der Waals surface area contributed by atoms with Crippen LogP contribution in [-0.4, -0.2) is 14.4 Å². The number of imidazole rings is 1. The molecule has 7 aromatic rings. The van der Waals surface area contributed by atoms with Crippen molar-refractivity contribution in [2.45, 2.75) is 12.8 Å². The minimum absolute atomic E-state index is 0.942. The highest BCUT2D eigenvalue weighted by atomic mass is 15.1. The number of rotatable bonds is 0. The van der Waals surface area contributed by atoms with Crippen molar-refractivity contribution < 1.29 is 0 Å². The Labute approximate surface area is 201 Å². The molecule has 0 N–H and O–H groups in total. The molecule has 0 fully saturated rings. The van der Waals surface area contributed by atoms with Crippen molar-refractivity contribution in [3.8, 4) is 22.3 Å². The van der Waals surface area contributed by atoms with Crippen LogP contribution in [0.4, 0.5) is 0 Å². The van der Waals surface area contributed by atoms with Crippen molar-refractivity contribution in [3.63, 3.8) is 0 Å². The van der Waals surface area contributed by atoms with Crippen molar-refractivity contribution in [2.24, 2.45) is 0 Å². The van der Waals surface area contributed by atoms with Gasteiger partial charge in [0, 0.05) is 22.4 Å². The van der Waals surface area contributed by atoms with Gasteiger partial charge in [-0.25, -0.2) is 9.97 Å². The summed E-state index contributed by atoms with van der Waals surface area (Å²) in [5, 5.41) is 3.69. The van der Waals surface area contributed by atoms with Crippen molar-refractivity contribution in [3.05, 3.63) is 113 Å². The lowest BCUT2D eigenvalue weighted by molar-refractivity contribution is 1.23. The maximum Gasteiger partial charge on any atom is 0.147 e. The van der Waals surface area contributed by atoms with Gasteiger partial charge in [-0.2, -0.15) is 0 Å². The second-order valence-electron chi connectivity index (χ2n) is 9.83. The summed E-state index contributed by atoms with van der Waals surface area (Å²) in [5.74, 6) is 0. The Morgan fingerprint density at radius 2 is 1.40 bits per heavy atom. The molecule has 0 bridgehead atoms. The molecule has 3 heterocycles. The molecule has 162 valence electrons. The second kappa shape index (κ2) is 6.13. The van der Waals surface area contributed by atoms with E-state index < -0.39 is 0 Å². The van der Waals surface area contributed by atoms with Crippen LogP contribution in [0.5, 0.6) is 0 Å². The smallest absolute Gasteiger partial charge is 0.147 e. The van der Waals surface area contributed by atoms with Crippen molar-refractivity contribution in [1.29, 1.82) is 0 Å². The van der Waals surface area contributed by atoms with Gasteiger partial charge in [0.25, 0.3) is 0 Å². The highest BCUT2D eigenvalue weighted by molar-refractivity contribution is 6.16. The van der Waals surface area contributed by atoms with E-state index in [0.717, 1.165) is 35.2 Å². The largest absolute Gasteiger partial charge is 0.276 e. The Bertz CT molecular complexity index is 2060. The van der Waals surface area contributed by atoms with Crippen molar-refractivity contribution in [1.82, 2.24) is 14.4 Å². The molecule has 0 radical (unpaired) electrons. The van der Waals surface area contributed by atoms with E-state index in [-0.39, 0.29) is 0 Å². The van der Waals surface area contributed by atoms with Gasteiger partial charge in [-0.3, -0.25) is 4.40 Å². The molecule has 0 saturated heterocycles. The molecule has 2 aliphatic carbocycles. The third-order valence-electron chi connectivity index (χ3n) is 8.06. The normalized spacial score (nSPS) is 13.5. The Balaban J connectivity index is 1.38. The van der Waals surface area contributed by atoms with E-state index in [1.807, 2.05) is 6.20 Å². The minimum atomic E-state index is 0.942. The van der Waals surface area contributed by atoms with Gasteiger partial charge in [0.1, 0.15) is 11.3 Å². The molecule has 0 atom stereocenters. The van der Waals surface area contributed by atoms with Crippen LogP contribution in [0.15, 0.2) is 91.1 Å². The highest BCUT2D eigenvalue weighted by Crippen LogP contribution is 2.47. The van der Waals surface area contributed by atoms with Crippen LogP contribution in [-0.2, 0) is 12.8 Å². The SMILES string of the molecule is c1ccc2c(c1)Cc1cc3c(cc1-2)Cc1c-3ccc2c1c1cccnc1n1c3ccccc3nc21. The summed E-state index contributed by atoms with van der Waals surface area (Å²) < 4.78 is 2.23. The first-order valence-corrected chi connectivity index (χ1v) is 12.2. The molecule has 3 nitrogen and oxygen atoms in total. The first-order chi connectivity index (χ1) is 17.3. The minimum Gasteiger partial charge on any atom is -0.276 e. The van der Waals surface area contributed by atoms with Gasteiger partial charge >= 0.3 is 0 Å². The van der Waals surface area contributed by atoms with E-state index in [0.29, 0.717) is 0 Å². The summed E-state index contributed by atoms with van der Waals surface area (Å²) in [6.45, 7) is 0. The van der Waals surface area contributed by atoms with Crippen LogP contribution in [0.3, 0.4) is 0 Å². The molecule has 35 heavy (non-hydrogen) atoms. The Morgan fingerprint density at radius 1 is 0.600 bits per heavy atom. The molecular weight excluding hydrogens is 426 g/mol. The van der Waals surface area contributed by atoms with Crippen molar-refractivity contribution in [2.75, 3.05) is 0 Å². The zero-order valence-corrected chi connectivity index (χ0v) is 18.9. The van der Waals surface area contributed by atoms with Gasteiger partial charge in [0.15, 0.2) is 0 Å². The zero-order valence-electron chi connectivity index (χ0n) is 18.9. The molecule has 0 unspecified atom stereocenters. The molecule has 3 heteroatoms. The van der Waals surface area contributed by atoms with Gasteiger partial charge in [-0.15, -0.1) is 0 Å². The number of nitrogens with zero attached hydrogens (tertiary/aromatic N) is 3. The number of hydrogen-bond acceptors (Lipinski definition) is 2. The van der Waals surface area contributed by atoms with E-state index in [1.54, 1.807) is 0 Å². The zero-order chi connectivity index (χ0) is 22.7. The molecule has 9 rings (SSSR count). The van der Waals surface area contributed by atoms with Gasteiger partial charge in [-0.1, -0.05) is 42.5 Å². The molecule has 4 aromatic carbocycles. The molecular formula is C32H19N3. The van der Waals surface area contributed by atoms with Crippen LogP contribution in [0.2, 0.25) is 0 Å². The Hall–Kier alpha value is -4.50. The molecule has 2 aliphatic rings. The van der Waals surface area contributed by atoms with Gasteiger partial charge in [0.2, 0.25) is 0 Å². The quantitative estimate of drug-likeness (QED) is 0.229. The lowest BCUT2D eigenvalue weighted by atomic mass is 9.96. The Morgan fingerprint density at radius 3 is 2.37 bits per heavy atom. The van der Waals surface area contributed by atoms with Crippen LogP contribution in [0.1, 0.15) is 22.3 Å². The monoisotopic (exact) mass is 445 g/mol. The van der Waals surface area contributed by atoms with E-state index >= 15 is 0 Å². The standard InChI is InChI=1S/C32H19N3/c1-2-7-21-18(6-1)14-19-15-26-20(16-25(19)21)17-27-22(26)11-12-24-30(27)23-8-5-13-33-31(23)35-29-10-4-3-9-28(29)34-32(24)35/h1-13,15-16H,14,17H2. The second-order valence-corrected chi connectivity index (χ2v) is 9.83. The van der Waals surface area contributed by atoms with E-state index in [1.165, 1.54) is 60.7 Å². The topological polar surface area (TPSA) is 30.2 Å². The predicted molar refractivity (Wildman–Crippen MR) is 142 cm³/mol. The summed E-state index contributed by atoms with van der Waals surface area (Å²) in [7, 11) is 0. The fourth-order valence-corrected chi connectivity index (χ4v) is 6.59. The summed E-state index contributed by atoms with van der Waals surface area (Å²) >= 11 is 0. The Kier molecular flexibility index (Phi) is 3.14. The molecule has 0 saturated carbocycles. The number of para-hydroxylation sites is 2. The van der Waals surface area contributed by atoms with Gasteiger partial charge < -0.3 is 0 Å². The summed E-state index contributed by atoms with van der Waals surface area (Å²) in [5.41, 5.74) is 15.3. The van der Waals surface area contributed by atoms with E-state index in [9.17, 15) is 0 Å². The number of hydrogen-bond donors (Lipinski definition) is 0. The third kappa shape index (κ3) is 2.17. The molecule has 0 spiro atoms. The van der Waals surface area contributed by atoms with Gasteiger partial charge in [-0.05, 0) is 99.8 Å². The number of fused-ring (bicyclic) bond motifs is 15. The number of aromatic nitrogens is 3. The van der Waals surface area contributed by atoms with Crippen LogP contribution in [0.25, 0.3) is 60.7 Å². The maximum absolute atomic E-state index is 5.07. The van der Waals surface area contributed by atoms with Crippen molar-refractivity contribution >= 4 is 38.5 Å². The average molecular weight is 446 g/mol. The highest BCUT2D eigenvalue weighted by Gasteiger charge is 2.28. The van der Waals surface area contributed by atoms with E-state index in [4.69, 9.17) is 9.97 Å². The van der Waals surface area contributed by atoms with E-state index in [2.05, 4.69) is 89.3 Å². The first-order valence-electron chi connectivity index (χ1n) is 12.2. The molecule has 0 amide bonds. The molecule has 3 aromatic heterocycles. The fourth-order valence-electron chi connectivity index (χ4n) is 6.59. The summed E-state index contributed by atoms with van der Waals surface area (Å²) in [6, 6.07) is 31.0. The lowest BCUT2D eigenvalue weighted by Crippen LogP contribution is -1.96. The number of pyridine rings is 2. The first kappa shape index (κ1) is 17.9. The average Bonchev–Trinajstić information content (AvgIpc) is 3.58. The predicted octanol–water partition coefficient (Wildman–Crippen LogP) is 7.33. The maximum atomic E-state index is 5.07. The summed E-state index contributed by atoms with van der Waals surface area (Å²) in [6.07, 6.45) is 3.86. The lowest BCUT2D eigenvalue weighted by Gasteiger charge is -2.12. The molecule has 0 aliphatic heterocycles. The fraction of sp³-hybridized carbons (Fsp3) is 0.0625.